The van der Waals surface area contributed by atoms with E-state index >= 15 is 0 Å². The molecule has 0 bridgehead atoms. The van der Waals surface area contributed by atoms with E-state index < -0.39 is 24.5 Å². The molecular weight excluding hydrogens is 378 g/mol. The van der Waals surface area contributed by atoms with Gasteiger partial charge in [-0.2, -0.15) is 0 Å². The first-order chi connectivity index (χ1) is 14.0. The number of carbonyl (C=O) groups is 3. The lowest BCUT2D eigenvalue weighted by molar-refractivity contribution is -0.143. The summed E-state index contributed by atoms with van der Waals surface area (Å²) < 4.78 is 20.0. The maximum Gasteiger partial charge on any atom is 0.337 e. The van der Waals surface area contributed by atoms with Crippen LogP contribution in [0.2, 0.25) is 0 Å². The van der Waals surface area contributed by atoms with Crippen LogP contribution in [-0.2, 0) is 25.6 Å². The summed E-state index contributed by atoms with van der Waals surface area (Å²) in [6.45, 7) is 0.0184. The normalized spacial score (nSPS) is 11.9. The van der Waals surface area contributed by atoms with Gasteiger partial charge < -0.3 is 24.3 Å². The molecule has 1 amide bonds. The van der Waals surface area contributed by atoms with E-state index in [1.165, 1.54) is 13.2 Å². The maximum absolute atomic E-state index is 11.8. The maximum atomic E-state index is 11.8. The van der Waals surface area contributed by atoms with Crippen molar-refractivity contribution in [2.24, 2.45) is 0 Å². The second-order valence-electron chi connectivity index (χ2n) is 6.02. The number of nitrogens with one attached hydrogen (secondary N) is 1. The van der Waals surface area contributed by atoms with Gasteiger partial charge >= 0.3 is 11.9 Å². The van der Waals surface area contributed by atoms with Gasteiger partial charge in [0.2, 0.25) is 6.79 Å². The second kappa shape index (κ2) is 9.41. The number of hydrogen-bond acceptors (Lipinski definition) is 7. The van der Waals surface area contributed by atoms with E-state index in [2.05, 4.69) is 10.1 Å². The van der Waals surface area contributed by atoms with Gasteiger partial charge in [0, 0.05) is 12.6 Å². The van der Waals surface area contributed by atoms with Crippen LogP contribution >= 0.6 is 0 Å². The highest BCUT2D eigenvalue weighted by Gasteiger charge is 2.12. The fraction of sp³-hybridized carbons (Fsp3) is 0.190. The summed E-state index contributed by atoms with van der Waals surface area (Å²) in [7, 11) is 1.31. The van der Waals surface area contributed by atoms with E-state index in [4.69, 9.17) is 14.2 Å². The molecular formula is C21H19NO7. The first kappa shape index (κ1) is 19.9. The molecule has 3 rings (SSSR count). The van der Waals surface area contributed by atoms with Gasteiger partial charge in [-0.3, -0.25) is 4.79 Å². The molecule has 0 atom stereocenters. The van der Waals surface area contributed by atoms with Crippen molar-refractivity contribution in [1.82, 2.24) is 5.32 Å². The number of fused-ring (bicyclic) bond motifs is 1. The summed E-state index contributed by atoms with van der Waals surface area (Å²) >= 11 is 0. The molecule has 1 heterocycles. The number of benzene rings is 2. The van der Waals surface area contributed by atoms with Crippen LogP contribution in [0.1, 0.15) is 21.5 Å². The highest BCUT2D eigenvalue weighted by atomic mass is 16.7. The number of hydrogen-bond donors (Lipinski definition) is 1. The Morgan fingerprint density at radius 3 is 2.59 bits per heavy atom. The summed E-state index contributed by atoms with van der Waals surface area (Å²) in [5, 5.41) is 2.63. The van der Waals surface area contributed by atoms with Gasteiger partial charge in [0.1, 0.15) is 0 Å². The zero-order valence-corrected chi connectivity index (χ0v) is 15.7. The summed E-state index contributed by atoms with van der Waals surface area (Å²) in [5.74, 6) is -0.241. The van der Waals surface area contributed by atoms with Crippen molar-refractivity contribution >= 4 is 23.9 Å². The molecule has 1 aliphatic heterocycles. The third-order valence-corrected chi connectivity index (χ3v) is 4.02. The Balaban J connectivity index is 1.40. The number of ether oxygens (including phenoxy) is 4. The van der Waals surface area contributed by atoms with Crippen molar-refractivity contribution in [3.63, 3.8) is 0 Å². The molecule has 150 valence electrons. The topological polar surface area (TPSA) is 100 Å². The van der Waals surface area contributed by atoms with Crippen LogP contribution in [0.15, 0.2) is 48.5 Å². The fourth-order valence-electron chi connectivity index (χ4n) is 2.49. The average Bonchev–Trinajstić information content (AvgIpc) is 3.22. The van der Waals surface area contributed by atoms with Crippen molar-refractivity contribution in [2.75, 3.05) is 20.5 Å². The van der Waals surface area contributed by atoms with Gasteiger partial charge in [0.25, 0.3) is 5.91 Å². The minimum Gasteiger partial charge on any atom is -0.465 e. The van der Waals surface area contributed by atoms with Crippen LogP contribution in [0.5, 0.6) is 11.5 Å². The van der Waals surface area contributed by atoms with Crippen molar-refractivity contribution in [1.29, 1.82) is 0 Å². The molecule has 2 aromatic rings. The van der Waals surface area contributed by atoms with Gasteiger partial charge in [-0.15, -0.1) is 0 Å². The van der Waals surface area contributed by atoms with E-state index in [9.17, 15) is 14.4 Å². The Bertz CT molecular complexity index is 935. The van der Waals surface area contributed by atoms with Gasteiger partial charge in [-0.1, -0.05) is 18.2 Å². The molecule has 0 aromatic heterocycles. The lowest BCUT2D eigenvalue weighted by Gasteiger charge is -2.06. The molecule has 29 heavy (non-hydrogen) atoms. The predicted molar refractivity (Wildman–Crippen MR) is 102 cm³/mol. The van der Waals surface area contributed by atoms with Gasteiger partial charge in [0.15, 0.2) is 18.1 Å². The Morgan fingerprint density at radius 2 is 1.83 bits per heavy atom. The second-order valence-corrected chi connectivity index (χ2v) is 6.02. The van der Waals surface area contributed by atoms with Gasteiger partial charge in [-0.25, -0.2) is 9.59 Å². The quantitative estimate of drug-likeness (QED) is 0.564. The van der Waals surface area contributed by atoms with Crippen LogP contribution in [0.3, 0.4) is 0 Å². The molecule has 0 unspecified atom stereocenters. The molecule has 8 nitrogen and oxygen atoms in total. The average molecular weight is 397 g/mol. The summed E-state index contributed by atoms with van der Waals surface area (Å²) in [6, 6.07) is 11.9. The van der Waals surface area contributed by atoms with Crippen LogP contribution < -0.4 is 14.8 Å². The van der Waals surface area contributed by atoms with Crippen molar-refractivity contribution < 1.29 is 33.3 Å². The standard InChI is InChI=1S/C21H19NO7/c1-26-21(25)16-6-2-15(3-7-16)11-22-19(23)12-27-20(24)9-5-14-4-8-17-18(10-14)29-13-28-17/h2-10H,11-13H2,1H3,(H,22,23). The Morgan fingerprint density at radius 1 is 1.07 bits per heavy atom. The van der Waals surface area contributed by atoms with E-state index in [1.54, 1.807) is 48.5 Å². The lowest BCUT2D eigenvalue weighted by atomic mass is 10.1. The van der Waals surface area contributed by atoms with E-state index in [0.29, 0.717) is 17.1 Å². The number of methoxy groups -OCH3 is 1. The monoisotopic (exact) mass is 397 g/mol. The van der Waals surface area contributed by atoms with Crippen molar-refractivity contribution in [2.45, 2.75) is 6.54 Å². The van der Waals surface area contributed by atoms with Gasteiger partial charge in [-0.05, 0) is 41.5 Å². The predicted octanol–water partition coefficient (Wildman–Crippen LogP) is 2.07. The molecule has 2 aromatic carbocycles. The Labute approximate surface area is 167 Å². The van der Waals surface area contributed by atoms with Crippen LogP contribution in [-0.4, -0.2) is 38.4 Å². The van der Waals surface area contributed by atoms with Crippen molar-refractivity contribution in [3.05, 3.63) is 65.2 Å². The number of amides is 1. The fourth-order valence-corrected chi connectivity index (χ4v) is 2.49. The summed E-state index contributed by atoms with van der Waals surface area (Å²) in [4.78, 5) is 35.0. The molecule has 8 heteroatoms. The lowest BCUT2D eigenvalue weighted by Crippen LogP contribution is -2.28. The van der Waals surface area contributed by atoms with Crippen LogP contribution in [0, 0.1) is 0 Å². The molecule has 0 aliphatic carbocycles. The molecule has 1 N–H and O–H groups in total. The summed E-state index contributed by atoms with van der Waals surface area (Å²) in [6.07, 6.45) is 2.79. The molecule has 0 radical (unpaired) electrons. The third kappa shape index (κ3) is 5.58. The van der Waals surface area contributed by atoms with Crippen LogP contribution in [0.4, 0.5) is 0 Å². The van der Waals surface area contributed by atoms with E-state index in [0.717, 1.165) is 11.1 Å². The largest absolute Gasteiger partial charge is 0.465 e. The number of carbonyl (C=O) groups excluding carboxylic acids is 3. The molecule has 0 saturated carbocycles. The third-order valence-electron chi connectivity index (χ3n) is 4.02. The Kier molecular flexibility index (Phi) is 6.47. The zero-order chi connectivity index (χ0) is 20.6. The number of rotatable bonds is 7. The highest BCUT2D eigenvalue weighted by molar-refractivity contribution is 5.90. The minimum absolute atomic E-state index is 0.176. The molecule has 0 saturated heterocycles. The Hall–Kier alpha value is -3.81. The minimum atomic E-state index is -0.639. The van der Waals surface area contributed by atoms with E-state index in [1.807, 2.05) is 0 Å². The van der Waals surface area contributed by atoms with Crippen LogP contribution in [0.25, 0.3) is 6.08 Å². The highest BCUT2D eigenvalue weighted by Crippen LogP contribution is 2.32. The van der Waals surface area contributed by atoms with E-state index in [-0.39, 0.29) is 13.3 Å². The molecule has 1 aliphatic rings. The first-order valence-electron chi connectivity index (χ1n) is 8.73. The molecule has 0 fully saturated rings. The molecule has 0 spiro atoms. The van der Waals surface area contributed by atoms with Gasteiger partial charge in [0.05, 0.1) is 12.7 Å². The summed E-state index contributed by atoms with van der Waals surface area (Å²) in [5.41, 5.74) is 1.96. The smallest absolute Gasteiger partial charge is 0.337 e. The SMILES string of the molecule is COC(=O)c1ccc(CNC(=O)COC(=O)C=Cc2ccc3c(c2)OCO3)cc1. The first-order valence-corrected chi connectivity index (χ1v) is 8.73. The van der Waals surface area contributed by atoms with Crippen molar-refractivity contribution in [3.8, 4) is 11.5 Å². The zero-order valence-electron chi connectivity index (χ0n) is 15.7. The number of esters is 2.